The van der Waals surface area contributed by atoms with Gasteiger partial charge in [-0.15, -0.1) is 0 Å². The van der Waals surface area contributed by atoms with Gasteiger partial charge in [-0.2, -0.15) is 0 Å². The average Bonchev–Trinajstić information content (AvgIpc) is 2.82. The average molecular weight is 365 g/mol. The molecule has 0 aliphatic carbocycles. The number of anilines is 1. The van der Waals surface area contributed by atoms with Gasteiger partial charge in [0.25, 0.3) is 5.69 Å². The van der Waals surface area contributed by atoms with Gasteiger partial charge in [0.1, 0.15) is 5.70 Å². The van der Waals surface area contributed by atoms with Crippen LogP contribution in [0.3, 0.4) is 0 Å². The fourth-order valence-electron chi connectivity index (χ4n) is 2.16. The van der Waals surface area contributed by atoms with Crippen molar-refractivity contribution in [2.45, 2.75) is 0 Å². The molecule has 0 bridgehead atoms. The van der Waals surface area contributed by atoms with Gasteiger partial charge in [0.15, 0.2) is 0 Å². The molecule has 0 unspecified atom stereocenters. The molecule has 0 aromatic heterocycles. The summed E-state index contributed by atoms with van der Waals surface area (Å²) in [5.41, 5.74) is -0.125. The van der Waals surface area contributed by atoms with Crippen molar-refractivity contribution < 1.29 is 24.0 Å². The van der Waals surface area contributed by atoms with Crippen LogP contribution in [0.15, 0.2) is 53.9 Å². The minimum absolute atomic E-state index is 0.0198. The summed E-state index contributed by atoms with van der Waals surface area (Å²) < 4.78 is 9.46. The minimum Gasteiger partial charge on any atom is -0.465 e. The maximum absolute atomic E-state index is 12.3. The van der Waals surface area contributed by atoms with E-state index < -0.39 is 16.9 Å². The number of allylic oxidation sites excluding steroid dienone is 2. The molecular weight excluding hydrogens is 352 g/mol. The summed E-state index contributed by atoms with van der Waals surface area (Å²) in [7, 11) is 2.35. The predicted molar refractivity (Wildman–Crippen MR) is 89.9 cm³/mol. The van der Waals surface area contributed by atoms with Crippen LogP contribution in [0.5, 0.6) is 0 Å². The van der Waals surface area contributed by atoms with Crippen molar-refractivity contribution >= 4 is 34.9 Å². The molecule has 1 heterocycles. The van der Waals surface area contributed by atoms with Crippen molar-refractivity contribution in [3.63, 3.8) is 0 Å². The second-order valence-electron chi connectivity index (χ2n) is 4.71. The van der Waals surface area contributed by atoms with Gasteiger partial charge in [0.05, 0.1) is 35.4 Å². The summed E-state index contributed by atoms with van der Waals surface area (Å²) in [6, 6.07) is 3.75. The number of halogens is 1. The Bertz CT molecular complexity index is 828. The quantitative estimate of drug-likeness (QED) is 0.460. The number of nitrogens with zero attached hydrogens (tertiary/aromatic N) is 2. The van der Waals surface area contributed by atoms with Crippen molar-refractivity contribution in [1.82, 2.24) is 0 Å². The third-order valence-electron chi connectivity index (χ3n) is 3.29. The number of nitro benzene ring substituents is 1. The first-order valence-corrected chi connectivity index (χ1v) is 7.27. The maximum atomic E-state index is 12.3. The van der Waals surface area contributed by atoms with Gasteiger partial charge in [-0.25, -0.2) is 9.59 Å². The van der Waals surface area contributed by atoms with E-state index in [0.717, 1.165) is 13.2 Å². The van der Waals surface area contributed by atoms with Crippen LogP contribution in [-0.4, -0.2) is 31.1 Å². The van der Waals surface area contributed by atoms with E-state index in [1.54, 1.807) is 6.08 Å². The number of hydrogen-bond donors (Lipinski definition) is 0. The molecule has 0 saturated heterocycles. The second-order valence-corrected chi connectivity index (χ2v) is 5.12. The Labute approximate surface area is 147 Å². The van der Waals surface area contributed by atoms with Gasteiger partial charge >= 0.3 is 11.9 Å². The first-order chi connectivity index (χ1) is 11.9. The number of esters is 2. The number of non-ortho nitro benzene ring substituents is 1. The van der Waals surface area contributed by atoms with E-state index >= 15 is 0 Å². The van der Waals surface area contributed by atoms with E-state index in [1.165, 1.54) is 42.5 Å². The number of nitro groups is 1. The first-order valence-electron chi connectivity index (χ1n) is 6.89. The number of rotatable bonds is 4. The fourth-order valence-corrected chi connectivity index (χ4v) is 2.42. The lowest BCUT2D eigenvalue weighted by atomic mass is 10.1. The number of ether oxygens (including phenoxy) is 2. The zero-order valence-electron chi connectivity index (χ0n) is 13.3. The van der Waals surface area contributed by atoms with Crippen molar-refractivity contribution in [3.05, 3.63) is 69.0 Å². The predicted octanol–water partition coefficient (Wildman–Crippen LogP) is 2.74. The third kappa shape index (κ3) is 3.69. The summed E-state index contributed by atoms with van der Waals surface area (Å²) in [6.45, 7) is 0. The van der Waals surface area contributed by atoms with Gasteiger partial charge in [-0.1, -0.05) is 17.7 Å². The Kier molecular flexibility index (Phi) is 5.56. The normalized spacial score (nSPS) is 13.5. The molecule has 2 rings (SSSR count). The first kappa shape index (κ1) is 18.2. The van der Waals surface area contributed by atoms with Crippen LogP contribution in [0.25, 0.3) is 0 Å². The molecule has 0 radical (unpaired) electrons. The summed E-state index contributed by atoms with van der Waals surface area (Å²) in [6.07, 6.45) is 5.98. The fraction of sp³-hybridized carbons (Fsp3) is 0.125. The molecule has 1 aromatic carbocycles. The third-order valence-corrected chi connectivity index (χ3v) is 3.59. The van der Waals surface area contributed by atoms with Gasteiger partial charge in [0.2, 0.25) is 0 Å². The van der Waals surface area contributed by atoms with Gasteiger partial charge in [0, 0.05) is 18.3 Å². The highest BCUT2D eigenvalue weighted by Gasteiger charge is 2.28. The Morgan fingerprint density at radius 2 is 1.84 bits per heavy atom. The van der Waals surface area contributed by atoms with E-state index in [9.17, 15) is 19.7 Å². The Morgan fingerprint density at radius 1 is 1.16 bits per heavy atom. The van der Waals surface area contributed by atoms with Crippen LogP contribution in [-0.2, 0) is 19.1 Å². The smallest absolute Gasteiger partial charge is 0.355 e. The van der Waals surface area contributed by atoms with Gasteiger partial charge < -0.3 is 14.4 Å². The summed E-state index contributed by atoms with van der Waals surface area (Å²) in [4.78, 5) is 35.9. The summed E-state index contributed by atoms with van der Waals surface area (Å²) in [5, 5.41) is 10.9. The second kappa shape index (κ2) is 7.63. The lowest BCUT2D eigenvalue weighted by molar-refractivity contribution is -0.384. The Balaban J connectivity index is 2.67. The molecule has 0 saturated carbocycles. The molecule has 130 valence electrons. The Morgan fingerprint density at radius 3 is 2.40 bits per heavy atom. The number of benzene rings is 1. The molecule has 1 aromatic rings. The highest BCUT2D eigenvalue weighted by Crippen LogP contribution is 2.34. The van der Waals surface area contributed by atoms with Crippen molar-refractivity contribution in [2.75, 3.05) is 19.1 Å². The standard InChI is InChI=1S/C16H13ClN2O6/c1-24-15(20)11-5-3-4-8-18(14(11)16(21)25-2)13-7-6-10(19(22)23)9-12(13)17/h3-9H,1-2H3. The monoisotopic (exact) mass is 364 g/mol. The zero-order valence-corrected chi connectivity index (χ0v) is 14.0. The van der Waals surface area contributed by atoms with Crippen molar-refractivity contribution in [3.8, 4) is 0 Å². The highest BCUT2D eigenvalue weighted by atomic mass is 35.5. The molecule has 8 nitrogen and oxygen atoms in total. The number of methoxy groups -OCH3 is 2. The number of carbonyl (C=O) groups excluding carboxylic acids is 2. The highest BCUT2D eigenvalue weighted by molar-refractivity contribution is 6.33. The van der Waals surface area contributed by atoms with Crippen molar-refractivity contribution in [1.29, 1.82) is 0 Å². The molecule has 0 fully saturated rings. The van der Waals surface area contributed by atoms with Crippen LogP contribution < -0.4 is 4.90 Å². The van der Waals surface area contributed by atoms with Crippen LogP contribution in [0.1, 0.15) is 0 Å². The lowest BCUT2D eigenvalue weighted by Crippen LogP contribution is -2.27. The van der Waals surface area contributed by atoms with E-state index in [4.69, 9.17) is 21.1 Å². The van der Waals surface area contributed by atoms with Crippen LogP contribution in [0.4, 0.5) is 11.4 Å². The number of carbonyl (C=O) groups is 2. The van der Waals surface area contributed by atoms with E-state index in [2.05, 4.69) is 0 Å². The summed E-state index contributed by atoms with van der Waals surface area (Å²) in [5.74, 6) is -1.55. The molecule has 9 heteroatoms. The van der Waals surface area contributed by atoms with Crippen LogP contribution in [0.2, 0.25) is 5.02 Å². The van der Waals surface area contributed by atoms with E-state index in [1.807, 2.05) is 0 Å². The van der Waals surface area contributed by atoms with Gasteiger partial charge in [-0.05, 0) is 18.2 Å². The summed E-state index contributed by atoms with van der Waals surface area (Å²) >= 11 is 6.14. The minimum atomic E-state index is -0.800. The molecule has 0 spiro atoms. The largest absolute Gasteiger partial charge is 0.465 e. The lowest BCUT2D eigenvalue weighted by Gasteiger charge is -2.23. The molecule has 0 amide bonds. The van der Waals surface area contributed by atoms with E-state index in [0.29, 0.717) is 0 Å². The molecular formula is C16H13ClN2O6. The Hall–Kier alpha value is -3.13. The van der Waals surface area contributed by atoms with E-state index in [-0.39, 0.29) is 27.7 Å². The SMILES string of the molecule is COC(=O)C1=C(C(=O)OC)N(c2ccc([N+](=O)[O-])cc2Cl)C=CC=C1. The molecule has 0 N–H and O–H groups in total. The maximum Gasteiger partial charge on any atom is 0.355 e. The van der Waals surface area contributed by atoms with Crippen LogP contribution in [0, 0.1) is 10.1 Å². The molecule has 1 aliphatic rings. The van der Waals surface area contributed by atoms with Crippen molar-refractivity contribution in [2.24, 2.45) is 0 Å². The van der Waals surface area contributed by atoms with Gasteiger partial charge in [-0.3, -0.25) is 10.1 Å². The molecule has 1 aliphatic heterocycles. The molecule has 25 heavy (non-hydrogen) atoms. The van der Waals surface area contributed by atoms with Crippen LogP contribution >= 0.6 is 11.6 Å². The zero-order chi connectivity index (χ0) is 18.6. The number of hydrogen-bond acceptors (Lipinski definition) is 7. The molecule has 0 atom stereocenters. The topological polar surface area (TPSA) is 99.0 Å².